The SMILES string of the molecule is CC1(C)[C@H]2CC[C@]1(c1nc(N)ncc1F)c1nnc(-c3c(F)cccc3F)cc12. The highest BCUT2D eigenvalue weighted by molar-refractivity contribution is 5.64. The van der Waals surface area contributed by atoms with E-state index in [1.165, 1.54) is 18.2 Å². The first-order valence-corrected chi connectivity index (χ1v) is 9.38. The Labute approximate surface area is 165 Å². The minimum absolute atomic E-state index is 0.0125. The molecule has 0 unspecified atom stereocenters. The van der Waals surface area contributed by atoms with Gasteiger partial charge < -0.3 is 5.73 Å². The Balaban J connectivity index is 1.76. The molecule has 1 aromatic carbocycles. The van der Waals surface area contributed by atoms with Crippen LogP contribution in [0.2, 0.25) is 0 Å². The van der Waals surface area contributed by atoms with Gasteiger partial charge in [0.15, 0.2) is 5.82 Å². The highest BCUT2D eigenvalue weighted by Crippen LogP contribution is 2.69. The molecule has 2 bridgehead atoms. The van der Waals surface area contributed by atoms with Gasteiger partial charge in [-0.05, 0) is 47.9 Å². The molecular weight excluding hydrogens is 379 g/mol. The number of benzene rings is 1. The van der Waals surface area contributed by atoms with Gasteiger partial charge in [-0.15, -0.1) is 5.10 Å². The number of anilines is 1. The van der Waals surface area contributed by atoms with Crippen LogP contribution < -0.4 is 5.73 Å². The Morgan fingerprint density at radius 2 is 1.76 bits per heavy atom. The fraction of sp³-hybridized carbons (Fsp3) is 0.333. The number of rotatable bonds is 2. The summed E-state index contributed by atoms with van der Waals surface area (Å²) in [5.74, 6) is -1.94. The van der Waals surface area contributed by atoms with E-state index in [1.54, 1.807) is 6.07 Å². The smallest absolute Gasteiger partial charge is 0.220 e. The zero-order valence-electron chi connectivity index (χ0n) is 15.9. The fourth-order valence-corrected chi connectivity index (χ4v) is 5.39. The lowest BCUT2D eigenvalue weighted by Crippen LogP contribution is -2.39. The van der Waals surface area contributed by atoms with Crippen LogP contribution in [0.1, 0.15) is 49.6 Å². The Morgan fingerprint density at radius 1 is 1.03 bits per heavy atom. The fourth-order valence-electron chi connectivity index (χ4n) is 5.39. The molecule has 2 atom stereocenters. The van der Waals surface area contributed by atoms with Gasteiger partial charge in [-0.3, -0.25) is 0 Å². The maximum absolute atomic E-state index is 14.8. The summed E-state index contributed by atoms with van der Waals surface area (Å²) in [4.78, 5) is 7.97. The van der Waals surface area contributed by atoms with Crippen LogP contribution in [0.25, 0.3) is 11.3 Å². The summed E-state index contributed by atoms with van der Waals surface area (Å²) in [7, 11) is 0. The number of nitrogen functional groups attached to an aromatic ring is 1. The summed E-state index contributed by atoms with van der Waals surface area (Å²) in [6.45, 7) is 4.07. The highest BCUT2D eigenvalue weighted by Gasteiger charge is 2.65. The van der Waals surface area contributed by atoms with Crippen molar-refractivity contribution in [1.29, 1.82) is 0 Å². The minimum atomic E-state index is -0.826. The van der Waals surface area contributed by atoms with Gasteiger partial charge in [-0.1, -0.05) is 19.9 Å². The van der Waals surface area contributed by atoms with Crippen LogP contribution in [-0.4, -0.2) is 20.2 Å². The van der Waals surface area contributed by atoms with Crippen molar-refractivity contribution in [2.45, 2.75) is 38.0 Å². The monoisotopic (exact) mass is 397 g/mol. The van der Waals surface area contributed by atoms with Crippen molar-refractivity contribution >= 4 is 5.95 Å². The first-order valence-electron chi connectivity index (χ1n) is 9.38. The zero-order chi connectivity index (χ0) is 20.6. The molecule has 5 rings (SSSR count). The second kappa shape index (κ2) is 5.75. The lowest BCUT2D eigenvalue weighted by atomic mass is 9.66. The number of nitrogens with two attached hydrogens (primary N) is 1. The van der Waals surface area contributed by atoms with Gasteiger partial charge in [-0.25, -0.2) is 23.1 Å². The predicted molar refractivity (Wildman–Crippen MR) is 100 cm³/mol. The van der Waals surface area contributed by atoms with Crippen molar-refractivity contribution in [3.8, 4) is 11.3 Å². The Morgan fingerprint density at radius 3 is 2.48 bits per heavy atom. The van der Waals surface area contributed by atoms with Gasteiger partial charge in [-0.2, -0.15) is 5.10 Å². The average molecular weight is 397 g/mol. The van der Waals surface area contributed by atoms with Crippen molar-refractivity contribution in [3.63, 3.8) is 0 Å². The largest absolute Gasteiger partial charge is 0.368 e. The molecule has 8 heteroatoms. The molecule has 2 N–H and O–H groups in total. The quantitative estimate of drug-likeness (QED) is 0.703. The third-order valence-electron chi connectivity index (χ3n) is 6.77. The van der Waals surface area contributed by atoms with Crippen molar-refractivity contribution in [1.82, 2.24) is 20.2 Å². The van der Waals surface area contributed by atoms with Crippen molar-refractivity contribution in [2.75, 3.05) is 5.73 Å². The molecule has 2 heterocycles. The molecule has 0 amide bonds. The van der Waals surface area contributed by atoms with Gasteiger partial charge in [0.2, 0.25) is 5.95 Å². The summed E-state index contributed by atoms with van der Waals surface area (Å²) < 4.78 is 43.4. The molecule has 0 saturated heterocycles. The molecule has 0 spiro atoms. The summed E-state index contributed by atoms with van der Waals surface area (Å²) in [5, 5.41) is 8.49. The number of aromatic nitrogens is 4. The highest BCUT2D eigenvalue weighted by atomic mass is 19.1. The van der Waals surface area contributed by atoms with Gasteiger partial charge in [0.05, 0.1) is 34.3 Å². The van der Waals surface area contributed by atoms with E-state index in [2.05, 4.69) is 20.2 Å². The van der Waals surface area contributed by atoms with E-state index in [-0.39, 0.29) is 28.8 Å². The molecule has 1 saturated carbocycles. The van der Waals surface area contributed by atoms with E-state index in [1.807, 2.05) is 13.8 Å². The standard InChI is InChI=1S/C21H18F3N5/c1-20(2)11-6-7-21(20,18-14(24)9-26-19(25)27-18)17-10(11)8-15(28-29-17)16-12(22)4-3-5-13(16)23/h3-5,8-9,11H,6-7H2,1-2H3,(H2,25,26,27)/t11-,21+/m0/s1. The van der Waals surface area contributed by atoms with Crippen LogP contribution in [-0.2, 0) is 5.41 Å². The minimum Gasteiger partial charge on any atom is -0.368 e. The third kappa shape index (κ3) is 2.17. The summed E-state index contributed by atoms with van der Waals surface area (Å²) in [6.07, 6.45) is 2.48. The van der Waals surface area contributed by atoms with Crippen LogP contribution in [0.15, 0.2) is 30.5 Å². The van der Waals surface area contributed by atoms with Gasteiger partial charge >= 0.3 is 0 Å². The topological polar surface area (TPSA) is 77.6 Å². The number of halogens is 3. The zero-order valence-corrected chi connectivity index (χ0v) is 15.9. The molecule has 5 nitrogen and oxygen atoms in total. The van der Waals surface area contributed by atoms with E-state index in [4.69, 9.17) is 5.73 Å². The van der Waals surface area contributed by atoms with E-state index < -0.39 is 28.3 Å². The van der Waals surface area contributed by atoms with E-state index >= 15 is 0 Å². The number of hydrogen-bond acceptors (Lipinski definition) is 5. The maximum Gasteiger partial charge on any atom is 0.220 e. The van der Waals surface area contributed by atoms with Crippen LogP contribution in [0.3, 0.4) is 0 Å². The van der Waals surface area contributed by atoms with Gasteiger partial charge in [0.1, 0.15) is 11.6 Å². The molecule has 0 aliphatic heterocycles. The average Bonchev–Trinajstić information content (AvgIpc) is 3.05. The molecule has 3 aromatic rings. The number of nitrogens with zero attached hydrogens (tertiary/aromatic N) is 4. The molecule has 1 fully saturated rings. The Bertz CT molecular complexity index is 1140. The number of hydrogen-bond donors (Lipinski definition) is 1. The summed E-state index contributed by atoms with van der Waals surface area (Å²) >= 11 is 0. The van der Waals surface area contributed by atoms with Crippen LogP contribution in [0.4, 0.5) is 19.1 Å². The van der Waals surface area contributed by atoms with Crippen LogP contribution >= 0.6 is 0 Å². The molecule has 2 aliphatic rings. The van der Waals surface area contributed by atoms with E-state index in [0.29, 0.717) is 12.1 Å². The van der Waals surface area contributed by atoms with E-state index in [0.717, 1.165) is 18.2 Å². The lowest BCUT2D eigenvalue weighted by Gasteiger charge is -2.37. The second-order valence-electron chi connectivity index (χ2n) is 8.27. The summed E-state index contributed by atoms with van der Waals surface area (Å²) in [5.41, 5.74) is 6.03. The molecule has 2 aliphatic carbocycles. The van der Waals surface area contributed by atoms with Crippen LogP contribution in [0.5, 0.6) is 0 Å². The first-order chi connectivity index (χ1) is 13.8. The van der Waals surface area contributed by atoms with Crippen molar-refractivity contribution < 1.29 is 13.2 Å². The van der Waals surface area contributed by atoms with Gasteiger partial charge in [0.25, 0.3) is 0 Å². The van der Waals surface area contributed by atoms with Gasteiger partial charge in [0, 0.05) is 0 Å². The lowest BCUT2D eigenvalue weighted by molar-refractivity contribution is 0.236. The molecule has 29 heavy (non-hydrogen) atoms. The van der Waals surface area contributed by atoms with E-state index in [9.17, 15) is 13.2 Å². The van der Waals surface area contributed by atoms with Crippen molar-refractivity contribution in [2.24, 2.45) is 5.41 Å². The molecule has 2 aromatic heterocycles. The Hall–Kier alpha value is -3.03. The summed E-state index contributed by atoms with van der Waals surface area (Å²) in [6, 6.07) is 5.35. The maximum atomic E-state index is 14.8. The second-order valence-corrected chi connectivity index (χ2v) is 8.27. The van der Waals surface area contributed by atoms with Crippen LogP contribution in [0, 0.1) is 22.9 Å². The normalized spacial score (nSPS) is 24.0. The first kappa shape index (κ1) is 18.0. The predicted octanol–water partition coefficient (Wildman–Crippen LogP) is 4.14. The van der Waals surface area contributed by atoms with Crippen molar-refractivity contribution in [3.05, 3.63) is 64.9 Å². The molecule has 148 valence electrons. The Kier molecular flexibility index (Phi) is 3.57. The molecule has 0 radical (unpaired) electrons. The number of fused-ring (bicyclic) bond motifs is 5. The molecular formula is C21H18F3N5. The third-order valence-corrected chi connectivity index (χ3v) is 6.77.